The van der Waals surface area contributed by atoms with Gasteiger partial charge < -0.3 is 5.32 Å². The first-order chi connectivity index (χ1) is 9.60. The Kier molecular flexibility index (Phi) is 4.20. The Morgan fingerprint density at radius 3 is 2.40 bits per heavy atom. The molecule has 0 aliphatic rings. The van der Waals surface area contributed by atoms with Crippen LogP contribution >= 0.6 is 0 Å². The lowest BCUT2D eigenvalue weighted by Crippen LogP contribution is -2.16. The molecule has 3 nitrogen and oxygen atoms in total. The van der Waals surface area contributed by atoms with E-state index in [4.69, 9.17) is 0 Å². The predicted molar refractivity (Wildman–Crippen MR) is 70.5 cm³/mol. The van der Waals surface area contributed by atoms with Gasteiger partial charge in [-0.2, -0.15) is 0 Å². The minimum Gasteiger partial charge on any atom is -0.326 e. The molecule has 1 N–H and O–H groups in total. The summed E-state index contributed by atoms with van der Waals surface area (Å²) in [5.41, 5.74) is 0.521. The average molecular weight is 275 g/mol. The summed E-state index contributed by atoms with van der Waals surface area (Å²) in [5.74, 6) is -2.08. The summed E-state index contributed by atoms with van der Waals surface area (Å²) < 4.78 is 26.8. The third-order valence-corrected chi connectivity index (χ3v) is 2.71. The number of anilines is 1. The van der Waals surface area contributed by atoms with Crippen molar-refractivity contribution in [2.75, 3.05) is 5.32 Å². The van der Waals surface area contributed by atoms with Gasteiger partial charge >= 0.3 is 0 Å². The molecule has 0 spiro atoms. The fourth-order valence-corrected chi connectivity index (χ4v) is 1.76. The quantitative estimate of drug-likeness (QED) is 0.872. The Labute approximate surface area is 114 Å². The van der Waals surface area contributed by atoms with Gasteiger partial charge in [0.2, 0.25) is 5.91 Å². The number of hydrogen-bond acceptors (Lipinski definition) is 2. The van der Waals surface area contributed by atoms with Gasteiger partial charge in [0.25, 0.3) is 0 Å². The summed E-state index contributed by atoms with van der Waals surface area (Å²) in [6.07, 6.45) is 0.232. The zero-order chi connectivity index (χ0) is 14.5. The van der Waals surface area contributed by atoms with Crippen molar-refractivity contribution in [3.8, 4) is 0 Å². The van der Waals surface area contributed by atoms with E-state index < -0.39 is 24.0 Å². The van der Waals surface area contributed by atoms with Crippen LogP contribution in [0, 0.1) is 11.6 Å². The van der Waals surface area contributed by atoms with Crippen molar-refractivity contribution in [1.29, 1.82) is 0 Å². The van der Waals surface area contributed by atoms with Crippen LogP contribution in [0.4, 0.5) is 14.5 Å². The van der Waals surface area contributed by atoms with Gasteiger partial charge in [0.05, 0.1) is 6.42 Å². The summed E-state index contributed by atoms with van der Waals surface area (Å²) >= 11 is 0. The molecule has 20 heavy (non-hydrogen) atoms. The van der Waals surface area contributed by atoms with E-state index in [-0.39, 0.29) is 5.56 Å². The topological polar surface area (TPSA) is 46.2 Å². The van der Waals surface area contributed by atoms with E-state index in [0.29, 0.717) is 17.5 Å². The van der Waals surface area contributed by atoms with E-state index in [1.165, 1.54) is 12.1 Å². The third kappa shape index (κ3) is 3.26. The van der Waals surface area contributed by atoms with Gasteiger partial charge in [0.1, 0.15) is 17.9 Å². The molecule has 0 saturated carbocycles. The van der Waals surface area contributed by atoms with Gasteiger partial charge in [-0.05, 0) is 24.3 Å². The summed E-state index contributed by atoms with van der Waals surface area (Å²) in [5, 5.41) is 2.49. The van der Waals surface area contributed by atoms with Gasteiger partial charge in [-0.15, -0.1) is 0 Å². The molecule has 102 valence electrons. The lowest BCUT2D eigenvalue weighted by Gasteiger charge is -2.07. The number of amides is 1. The second kappa shape index (κ2) is 6.06. The minimum absolute atomic E-state index is 0.281. The third-order valence-electron chi connectivity index (χ3n) is 2.71. The minimum atomic E-state index is -0.762. The number of aldehydes is 1. The first-order valence-corrected chi connectivity index (χ1v) is 5.88. The van der Waals surface area contributed by atoms with Gasteiger partial charge in [-0.25, -0.2) is 8.78 Å². The van der Waals surface area contributed by atoms with Crippen molar-refractivity contribution in [1.82, 2.24) is 0 Å². The summed E-state index contributed by atoms with van der Waals surface area (Å²) in [4.78, 5) is 22.4. The average Bonchev–Trinajstić information content (AvgIpc) is 2.43. The monoisotopic (exact) mass is 275 g/mol. The van der Waals surface area contributed by atoms with Gasteiger partial charge in [-0.3, -0.25) is 9.59 Å². The molecule has 0 unspecified atom stereocenters. The van der Waals surface area contributed by atoms with Crippen molar-refractivity contribution in [2.45, 2.75) is 6.42 Å². The van der Waals surface area contributed by atoms with E-state index in [1.807, 2.05) is 0 Å². The van der Waals surface area contributed by atoms with E-state index >= 15 is 0 Å². The second-order valence-corrected chi connectivity index (χ2v) is 4.17. The largest absolute Gasteiger partial charge is 0.326 e. The fraction of sp³-hybridized carbons (Fsp3) is 0.0667. The molecule has 2 aromatic rings. The molecule has 5 heteroatoms. The highest BCUT2D eigenvalue weighted by molar-refractivity contribution is 5.93. The van der Waals surface area contributed by atoms with Crippen LogP contribution in [0.2, 0.25) is 0 Å². The number of carbonyl (C=O) groups is 2. The van der Waals surface area contributed by atoms with Crippen LogP contribution in [0.15, 0.2) is 42.5 Å². The molecular weight excluding hydrogens is 264 g/mol. The van der Waals surface area contributed by atoms with Crippen molar-refractivity contribution >= 4 is 17.9 Å². The van der Waals surface area contributed by atoms with Gasteiger partial charge in [0.15, 0.2) is 0 Å². The standard InChI is InChI=1S/C15H11F2NO2/c16-13-5-2-6-14(17)12(13)8-15(20)18-11-4-1-3-10(7-11)9-19/h1-7,9H,8H2,(H,18,20). The molecule has 2 rings (SSSR count). The van der Waals surface area contributed by atoms with E-state index in [1.54, 1.807) is 18.2 Å². The molecule has 0 bridgehead atoms. The van der Waals surface area contributed by atoms with Crippen LogP contribution in [-0.4, -0.2) is 12.2 Å². The van der Waals surface area contributed by atoms with E-state index in [0.717, 1.165) is 12.1 Å². The first kappa shape index (κ1) is 13.9. The van der Waals surface area contributed by atoms with Gasteiger partial charge in [0, 0.05) is 16.8 Å². The molecule has 0 saturated heterocycles. The van der Waals surface area contributed by atoms with Crippen LogP contribution < -0.4 is 5.32 Å². The summed E-state index contributed by atoms with van der Waals surface area (Å²) in [6, 6.07) is 9.67. The van der Waals surface area contributed by atoms with E-state index in [2.05, 4.69) is 5.32 Å². The number of halogens is 2. The van der Waals surface area contributed by atoms with Crippen molar-refractivity contribution in [3.05, 3.63) is 65.2 Å². The molecule has 0 aromatic heterocycles. The Morgan fingerprint density at radius 1 is 1.10 bits per heavy atom. The SMILES string of the molecule is O=Cc1cccc(NC(=O)Cc2c(F)cccc2F)c1. The number of carbonyl (C=O) groups excluding carboxylic acids is 2. The van der Waals surface area contributed by atoms with Crippen LogP contribution in [0.1, 0.15) is 15.9 Å². The highest BCUT2D eigenvalue weighted by Gasteiger charge is 2.13. The van der Waals surface area contributed by atoms with Crippen LogP contribution in [0.3, 0.4) is 0 Å². The molecule has 0 aliphatic heterocycles. The maximum absolute atomic E-state index is 13.4. The zero-order valence-electron chi connectivity index (χ0n) is 10.4. The number of benzene rings is 2. The second-order valence-electron chi connectivity index (χ2n) is 4.17. The maximum atomic E-state index is 13.4. The molecule has 2 aromatic carbocycles. The zero-order valence-corrected chi connectivity index (χ0v) is 10.4. The highest BCUT2D eigenvalue weighted by Crippen LogP contribution is 2.14. The highest BCUT2D eigenvalue weighted by atomic mass is 19.1. The molecule has 0 radical (unpaired) electrons. The number of hydrogen-bond donors (Lipinski definition) is 1. The molecule has 0 aliphatic carbocycles. The molecule has 0 fully saturated rings. The van der Waals surface area contributed by atoms with Gasteiger partial charge in [-0.1, -0.05) is 18.2 Å². The van der Waals surface area contributed by atoms with Crippen molar-refractivity contribution in [3.63, 3.8) is 0 Å². The lowest BCUT2D eigenvalue weighted by atomic mass is 10.1. The molecule has 1 amide bonds. The van der Waals surface area contributed by atoms with Crippen molar-refractivity contribution in [2.24, 2.45) is 0 Å². The fourth-order valence-electron chi connectivity index (χ4n) is 1.76. The molecule has 0 atom stereocenters. The number of nitrogens with one attached hydrogen (secondary N) is 1. The Hall–Kier alpha value is -2.56. The van der Waals surface area contributed by atoms with Crippen LogP contribution in [-0.2, 0) is 11.2 Å². The smallest absolute Gasteiger partial charge is 0.229 e. The van der Waals surface area contributed by atoms with Crippen LogP contribution in [0.5, 0.6) is 0 Å². The first-order valence-electron chi connectivity index (χ1n) is 5.88. The number of rotatable bonds is 4. The predicted octanol–water partition coefficient (Wildman–Crippen LogP) is 2.96. The Bertz CT molecular complexity index is 636. The summed E-state index contributed by atoms with van der Waals surface area (Å²) in [6.45, 7) is 0. The Morgan fingerprint density at radius 2 is 1.75 bits per heavy atom. The lowest BCUT2D eigenvalue weighted by molar-refractivity contribution is -0.115. The summed E-state index contributed by atoms with van der Waals surface area (Å²) in [7, 11) is 0. The van der Waals surface area contributed by atoms with E-state index in [9.17, 15) is 18.4 Å². The molecule has 0 heterocycles. The normalized spacial score (nSPS) is 10.1. The Balaban J connectivity index is 2.11. The van der Waals surface area contributed by atoms with Crippen molar-refractivity contribution < 1.29 is 18.4 Å². The van der Waals surface area contributed by atoms with Crippen LogP contribution in [0.25, 0.3) is 0 Å². The maximum Gasteiger partial charge on any atom is 0.229 e. The molecular formula is C15H11F2NO2.